The molecular formula is C73H125NO18. The average molecular weight is 1300 g/mol. The number of carbonyl (C=O) groups excluding carboxylic acids is 1. The van der Waals surface area contributed by atoms with Gasteiger partial charge in [0.05, 0.1) is 38.6 Å². The van der Waals surface area contributed by atoms with E-state index in [2.05, 4.69) is 104 Å². The molecule has 17 unspecified atom stereocenters. The Balaban J connectivity index is 1.46. The van der Waals surface area contributed by atoms with Gasteiger partial charge in [0.2, 0.25) is 5.91 Å². The Labute approximate surface area is 552 Å². The van der Waals surface area contributed by atoms with Gasteiger partial charge in [0.1, 0.15) is 73.2 Å². The van der Waals surface area contributed by atoms with Gasteiger partial charge in [-0.25, -0.2) is 0 Å². The summed E-state index contributed by atoms with van der Waals surface area (Å²) in [7, 11) is 0. The Morgan fingerprint density at radius 3 is 1.22 bits per heavy atom. The van der Waals surface area contributed by atoms with Crippen LogP contribution >= 0.6 is 0 Å². The van der Waals surface area contributed by atoms with Crippen molar-refractivity contribution < 1.29 is 89.4 Å². The van der Waals surface area contributed by atoms with Crippen molar-refractivity contribution in [3.05, 3.63) is 97.2 Å². The van der Waals surface area contributed by atoms with E-state index in [0.29, 0.717) is 12.8 Å². The molecule has 3 fully saturated rings. The van der Waals surface area contributed by atoms with Gasteiger partial charge in [0, 0.05) is 6.42 Å². The van der Waals surface area contributed by atoms with Gasteiger partial charge in [-0.2, -0.15) is 0 Å². The van der Waals surface area contributed by atoms with Crippen molar-refractivity contribution in [2.24, 2.45) is 0 Å². The summed E-state index contributed by atoms with van der Waals surface area (Å²) in [4.78, 5) is 13.4. The molecule has 3 rings (SSSR count). The summed E-state index contributed by atoms with van der Waals surface area (Å²) in [5, 5.41) is 121. The molecule has 1 amide bonds. The van der Waals surface area contributed by atoms with Crippen molar-refractivity contribution in [2.75, 3.05) is 26.4 Å². The molecule has 0 aromatic rings. The smallest absolute Gasteiger partial charge is 0.220 e. The molecular weight excluding hydrogens is 1180 g/mol. The summed E-state index contributed by atoms with van der Waals surface area (Å²) in [6, 6.07) is -1.01. The summed E-state index contributed by atoms with van der Waals surface area (Å²) in [6.07, 6.45) is 43.7. The van der Waals surface area contributed by atoms with Crippen LogP contribution in [0.4, 0.5) is 0 Å². The van der Waals surface area contributed by atoms with Crippen LogP contribution in [-0.2, 0) is 33.2 Å². The zero-order chi connectivity index (χ0) is 66.8. The minimum Gasteiger partial charge on any atom is -0.394 e. The van der Waals surface area contributed by atoms with Crippen LogP contribution in [-0.4, -0.2) is 193 Å². The highest BCUT2D eigenvalue weighted by atomic mass is 16.8. The van der Waals surface area contributed by atoms with E-state index < -0.39 is 124 Å². The van der Waals surface area contributed by atoms with Gasteiger partial charge in [0.25, 0.3) is 0 Å². The number of carbonyl (C=O) groups is 1. The first-order valence-corrected chi connectivity index (χ1v) is 35.5. The van der Waals surface area contributed by atoms with Gasteiger partial charge in [-0.1, -0.05) is 233 Å². The predicted octanol–water partition coefficient (Wildman–Crippen LogP) is 9.66. The van der Waals surface area contributed by atoms with Crippen LogP contribution in [0.15, 0.2) is 97.2 Å². The van der Waals surface area contributed by atoms with Crippen LogP contribution in [0, 0.1) is 0 Å². The van der Waals surface area contributed by atoms with E-state index in [4.69, 9.17) is 28.4 Å². The van der Waals surface area contributed by atoms with E-state index in [1.807, 2.05) is 6.08 Å². The van der Waals surface area contributed by atoms with E-state index in [9.17, 15) is 61.0 Å². The van der Waals surface area contributed by atoms with Crippen LogP contribution in [0.2, 0.25) is 0 Å². The third kappa shape index (κ3) is 35.1. The maximum atomic E-state index is 13.4. The third-order valence-corrected chi connectivity index (χ3v) is 17.1. The maximum Gasteiger partial charge on any atom is 0.220 e. The lowest BCUT2D eigenvalue weighted by atomic mass is 9.96. The van der Waals surface area contributed by atoms with Crippen LogP contribution in [0.1, 0.15) is 226 Å². The minimum atomic E-state index is -1.99. The molecule has 0 radical (unpaired) electrons. The number of ether oxygens (including phenoxy) is 6. The third-order valence-electron chi connectivity index (χ3n) is 17.1. The van der Waals surface area contributed by atoms with Crippen LogP contribution in [0.3, 0.4) is 0 Å². The minimum absolute atomic E-state index is 0.212. The fraction of sp³-hybridized carbons (Fsp3) is 0.767. The summed E-state index contributed by atoms with van der Waals surface area (Å²) in [5.74, 6) is -0.303. The number of rotatable bonds is 53. The molecule has 19 nitrogen and oxygen atoms in total. The molecule has 0 bridgehead atoms. The van der Waals surface area contributed by atoms with Gasteiger partial charge in [0.15, 0.2) is 18.9 Å². The first-order valence-electron chi connectivity index (χ1n) is 35.5. The molecule has 12 N–H and O–H groups in total. The molecule has 0 aromatic carbocycles. The van der Waals surface area contributed by atoms with Crippen molar-refractivity contribution in [1.82, 2.24) is 5.32 Å². The monoisotopic (exact) mass is 1300 g/mol. The van der Waals surface area contributed by atoms with E-state index in [-0.39, 0.29) is 18.9 Å². The standard InChI is InChI=1S/C73H125NO18/c1-3-5-7-9-11-13-15-17-19-21-23-25-27-28-29-31-33-35-37-39-41-43-45-47-49-51-61(79)74-56(57(78)50-48-46-44-42-40-38-36-34-32-30-26-24-22-20-18-16-14-12-10-8-6-4-2)55-87-71-67(85)64(82)69(59(53-76)89-71)92-73-68(86)65(83)70(60(54-77)90-73)91-72-66(84)63(81)62(80)58(52-75)88-72/h5,7,11,13,17,19,23,25,28-29,33,35,40,42,48,50,56-60,62-73,75-78,80-86H,3-4,6,8-10,12,14-16,18,20-22,24,26-27,30-32,34,36-39,41,43-47,49,51-55H2,1-2H3,(H,74,79)/b7-5-,13-11-,19-17-,25-23-,29-28-,35-33-,42-40+,50-48+. The highest BCUT2D eigenvalue weighted by Crippen LogP contribution is 2.33. The Bertz CT molecular complexity index is 2040. The quantitative estimate of drug-likeness (QED) is 0.0199. The first kappa shape index (κ1) is 82.9. The van der Waals surface area contributed by atoms with Crippen molar-refractivity contribution >= 4 is 5.91 Å². The Morgan fingerprint density at radius 1 is 0.402 bits per heavy atom. The topological polar surface area (TPSA) is 307 Å². The molecule has 92 heavy (non-hydrogen) atoms. The summed E-state index contributed by atoms with van der Waals surface area (Å²) >= 11 is 0. The van der Waals surface area contributed by atoms with Crippen molar-refractivity contribution in [2.45, 2.75) is 330 Å². The number of aliphatic hydroxyl groups excluding tert-OH is 11. The van der Waals surface area contributed by atoms with Crippen LogP contribution < -0.4 is 5.32 Å². The lowest BCUT2D eigenvalue weighted by Gasteiger charge is -2.48. The van der Waals surface area contributed by atoms with Crippen LogP contribution in [0.25, 0.3) is 0 Å². The molecule has 0 saturated carbocycles. The Kier molecular flexibility index (Phi) is 48.5. The molecule has 3 heterocycles. The number of unbranched alkanes of at least 4 members (excludes halogenated alkanes) is 23. The first-order chi connectivity index (χ1) is 44.8. The average Bonchev–Trinajstić information content (AvgIpc) is 0.837. The van der Waals surface area contributed by atoms with Gasteiger partial charge in [-0.3, -0.25) is 4.79 Å². The fourth-order valence-corrected chi connectivity index (χ4v) is 11.4. The van der Waals surface area contributed by atoms with E-state index in [1.54, 1.807) is 6.08 Å². The van der Waals surface area contributed by atoms with Gasteiger partial charge in [-0.05, 0) is 83.5 Å². The molecule has 0 aromatic heterocycles. The number of hydrogen-bond acceptors (Lipinski definition) is 18. The molecule has 19 heteroatoms. The summed E-state index contributed by atoms with van der Waals surface area (Å²) in [6.45, 7) is 1.59. The highest BCUT2D eigenvalue weighted by molar-refractivity contribution is 5.76. The largest absolute Gasteiger partial charge is 0.394 e. The fourth-order valence-electron chi connectivity index (χ4n) is 11.4. The zero-order valence-electron chi connectivity index (χ0n) is 56.0. The van der Waals surface area contributed by atoms with E-state index in [0.717, 1.165) is 96.3 Å². The summed E-state index contributed by atoms with van der Waals surface area (Å²) in [5.41, 5.74) is 0. The van der Waals surface area contributed by atoms with Gasteiger partial charge in [-0.15, -0.1) is 0 Å². The zero-order valence-corrected chi connectivity index (χ0v) is 56.0. The van der Waals surface area contributed by atoms with E-state index in [1.165, 1.54) is 96.3 Å². The molecule has 530 valence electrons. The number of nitrogens with one attached hydrogen (secondary N) is 1. The number of hydrogen-bond donors (Lipinski definition) is 12. The Morgan fingerprint density at radius 2 is 0.761 bits per heavy atom. The van der Waals surface area contributed by atoms with Crippen LogP contribution in [0.5, 0.6) is 0 Å². The number of amides is 1. The molecule has 3 aliphatic rings. The summed E-state index contributed by atoms with van der Waals surface area (Å²) < 4.78 is 34.3. The second-order valence-electron chi connectivity index (χ2n) is 25.0. The molecule has 3 saturated heterocycles. The lowest BCUT2D eigenvalue weighted by molar-refractivity contribution is -0.379. The number of allylic oxidation sites excluding steroid dienone is 15. The SMILES string of the molecule is CC/C=C\C/C=C\C/C=C\C/C=C\C/C=C\C/C=C\CCCCCCCCC(=O)NC(COC1OC(CO)C(OC2OC(CO)C(OC3OC(CO)C(O)C(O)C3O)C(O)C2O)C(O)C1O)C(O)/C=C/CC/C=C/CCCCCCCCCCCCCCCCCC. The molecule has 0 aliphatic carbocycles. The highest BCUT2D eigenvalue weighted by Gasteiger charge is 2.53. The maximum absolute atomic E-state index is 13.4. The molecule has 17 atom stereocenters. The predicted molar refractivity (Wildman–Crippen MR) is 360 cm³/mol. The second-order valence-corrected chi connectivity index (χ2v) is 25.0. The van der Waals surface area contributed by atoms with Crippen molar-refractivity contribution in [1.29, 1.82) is 0 Å². The molecule has 3 aliphatic heterocycles. The second kappa shape index (κ2) is 53.8. The van der Waals surface area contributed by atoms with E-state index >= 15 is 0 Å². The lowest BCUT2D eigenvalue weighted by Crippen LogP contribution is -2.66. The number of aliphatic hydroxyl groups is 11. The normalized spacial score (nSPS) is 28.3. The Hall–Kier alpha value is -3.29. The van der Waals surface area contributed by atoms with Gasteiger partial charge >= 0.3 is 0 Å². The molecule has 0 spiro atoms. The van der Waals surface area contributed by atoms with Crippen molar-refractivity contribution in [3.63, 3.8) is 0 Å². The van der Waals surface area contributed by atoms with Gasteiger partial charge < -0.3 is 89.9 Å². The van der Waals surface area contributed by atoms with Crippen molar-refractivity contribution in [3.8, 4) is 0 Å².